The molecule has 0 radical (unpaired) electrons. The van der Waals surface area contributed by atoms with Crippen LogP contribution in [0.4, 0.5) is 10.5 Å². The standard InChI is InChI=1S/C20H28N6O2/c27-19(10-5-11-22-20(28)25-17-7-2-1-3-8-17)24-18-9-4-6-16(12-18)13-26-15-21-14-23-26/h4,6,9,12,14-15,17H,1-3,5,7-8,10-11,13H2,(H,24,27)(H2,22,25,28). The number of hydrogen-bond donors (Lipinski definition) is 3. The molecule has 1 heterocycles. The van der Waals surface area contributed by atoms with Crippen molar-refractivity contribution in [1.82, 2.24) is 25.4 Å². The summed E-state index contributed by atoms with van der Waals surface area (Å²) in [7, 11) is 0. The number of rotatable bonds is 8. The van der Waals surface area contributed by atoms with E-state index in [2.05, 4.69) is 26.0 Å². The number of carbonyl (C=O) groups is 2. The van der Waals surface area contributed by atoms with E-state index in [9.17, 15) is 9.59 Å². The van der Waals surface area contributed by atoms with Gasteiger partial charge in [0.2, 0.25) is 5.91 Å². The van der Waals surface area contributed by atoms with Crippen LogP contribution in [0.5, 0.6) is 0 Å². The van der Waals surface area contributed by atoms with Crippen molar-refractivity contribution < 1.29 is 9.59 Å². The molecule has 8 nitrogen and oxygen atoms in total. The van der Waals surface area contributed by atoms with Crippen LogP contribution in [-0.4, -0.2) is 39.3 Å². The number of aromatic nitrogens is 3. The largest absolute Gasteiger partial charge is 0.338 e. The molecule has 0 unspecified atom stereocenters. The fraction of sp³-hybridized carbons (Fsp3) is 0.500. The first kappa shape index (κ1) is 19.9. The number of carbonyl (C=O) groups excluding carboxylic acids is 2. The fourth-order valence-electron chi connectivity index (χ4n) is 3.41. The molecule has 1 fully saturated rings. The van der Waals surface area contributed by atoms with Crippen LogP contribution in [0.3, 0.4) is 0 Å². The van der Waals surface area contributed by atoms with Gasteiger partial charge >= 0.3 is 6.03 Å². The maximum absolute atomic E-state index is 12.1. The Balaban J connectivity index is 1.33. The summed E-state index contributed by atoms with van der Waals surface area (Å²) in [6, 6.07) is 7.83. The Morgan fingerprint density at radius 2 is 2.04 bits per heavy atom. The van der Waals surface area contributed by atoms with Gasteiger partial charge in [-0.1, -0.05) is 31.4 Å². The number of urea groups is 1. The predicted octanol–water partition coefficient (Wildman–Crippen LogP) is 2.68. The number of hydrogen-bond acceptors (Lipinski definition) is 4. The summed E-state index contributed by atoms with van der Waals surface area (Å²) >= 11 is 0. The van der Waals surface area contributed by atoms with Gasteiger partial charge in [-0.2, -0.15) is 5.10 Å². The summed E-state index contributed by atoms with van der Waals surface area (Å²) in [5.74, 6) is -0.0626. The van der Waals surface area contributed by atoms with Crippen molar-refractivity contribution in [2.24, 2.45) is 0 Å². The minimum absolute atomic E-state index is 0.0626. The summed E-state index contributed by atoms with van der Waals surface area (Å²) in [5, 5.41) is 12.8. The quantitative estimate of drug-likeness (QED) is 0.609. The second-order valence-electron chi connectivity index (χ2n) is 7.18. The molecular weight excluding hydrogens is 356 g/mol. The lowest BCUT2D eigenvalue weighted by Gasteiger charge is -2.22. The average Bonchev–Trinajstić information content (AvgIpc) is 3.19. The Bertz CT molecular complexity index is 756. The molecule has 0 saturated heterocycles. The van der Waals surface area contributed by atoms with Crippen molar-refractivity contribution in [2.75, 3.05) is 11.9 Å². The molecule has 3 amide bonds. The van der Waals surface area contributed by atoms with Gasteiger partial charge in [-0.3, -0.25) is 4.79 Å². The first-order valence-corrected chi connectivity index (χ1v) is 9.94. The van der Waals surface area contributed by atoms with Gasteiger partial charge in [0.25, 0.3) is 0 Å². The zero-order valence-corrected chi connectivity index (χ0v) is 16.1. The molecule has 0 aliphatic heterocycles. The molecule has 3 N–H and O–H groups in total. The van der Waals surface area contributed by atoms with Crippen molar-refractivity contribution in [3.8, 4) is 0 Å². The van der Waals surface area contributed by atoms with E-state index in [0.717, 1.165) is 24.1 Å². The molecule has 8 heteroatoms. The third kappa shape index (κ3) is 6.68. The normalized spacial score (nSPS) is 14.4. The Morgan fingerprint density at radius 3 is 2.82 bits per heavy atom. The second kappa shape index (κ2) is 10.4. The number of benzene rings is 1. The topological polar surface area (TPSA) is 101 Å². The average molecular weight is 384 g/mol. The van der Waals surface area contributed by atoms with Crippen LogP contribution in [0.25, 0.3) is 0 Å². The Labute approximate surface area is 165 Å². The molecule has 150 valence electrons. The van der Waals surface area contributed by atoms with Gasteiger partial charge in [0, 0.05) is 24.7 Å². The maximum atomic E-state index is 12.1. The highest BCUT2D eigenvalue weighted by atomic mass is 16.2. The molecule has 28 heavy (non-hydrogen) atoms. The van der Waals surface area contributed by atoms with E-state index in [-0.39, 0.29) is 11.9 Å². The lowest BCUT2D eigenvalue weighted by molar-refractivity contribution is -0.116. The van der Waals surface area contributed by atoms with E-state index in [1.165, 1.54) is 25.6 Å². The minimum atomic E-state index is -0.131. The van der Waals surface area contributed by atoms with Crippen LogP contribution in [0.1, 0.15) is 50.5 Å². The van der Waals surface area contributed by atoms with E-state index >= 15 is 0 Å². The monoisotopic (exact) mass is 384 g/mol. The summed E-state index contributed by atoms with van der Waals surface area (Å²) in [6.45, 7) is 1.09. The molecule has 2 aromatic rings. The molecular formula is C20H28N6O2. The Morgan fingerprint density at radius 1 is 1.18 bits per heavy atom. The van der Waals surface area contributed by atoms with Crippen molar-refractivity contribution in [2.45, 2.75) is 57.5 Å². The molecule has 1 aliphatic carbocycles. The summed E-state index contributed by atoms with van der Waals surface area (Å²) in [5.41, 5.74) is 1.79. The number of nitrogens with zero attached hydrogens (tertiary/aromatic N) is 3. The smallest absolute Gasteiger partial charge is 0.315 e. The number of anilines is 1. The summed E-state index contributed by atoms with van der Waals surface area (Å²) in [6.07, 6.45) is 9.86. The van der Waals surface area contributed by atoms with Crippen molar-refractivity contribution in [3.05, 3.63) is 42.5 Å². The van der Waals surface area contributed by atoms with Crippen LogP contribution < -0.4 is 16.0 Å². The van der Waals surface area contributed by atoms with Gasteiger partial charge in [-0.05, 0) is 37.0 Å². The van der Waals surface area contributed by atoms with E-state index in [4.69, 9.17) is 0 Å². The van der Waals surface area contributed by atoms with Gasteiger partial charge in [0.15, 0.2) is 0 Å². The Hall–Kier alpha value is -2.90. The Kier molecular flexibility index (Phi) is 7.40. The van der Waals surface area contributed by atoms with Crippen LogP contribution in [0.15, 0.2) is 36.9 Å². The summed E-state index contributed by atoms with van der Waals surface area (Å²) < 4.78 is 1.73. The number of amides is 3. The zero-order chi connectivity index (χ0) is 19.6. The molecule has 1 saturated carbocycles. The molecule has 0 spiro atoms. The SMILES string of the molecule is O=C(CCCNC(=O)NC1CCCCC1)Nc1cccc(Cn2cncn2)c1. The fourth-order valence-corrected chi connectivity index (χ4v) is 3.41. The number of nitrogens with one attached hydrogen (secondary N) is 3. The molecule has 3 rings (SSSR count). The molecule has 0 bridgehead atoms. The van der Waals surface area contributed by atoms with Crippen LogP contribution in [0, 0.1) is 0 Å². The van der Waals surface area contributed by atoms with Crippen LogP contribution in [-0.2, 0) is 11.3 Å². The van der Waals surface area contributed by atoms with E-state index in [1.54, 1.807) is 11.0 Å². The third-order valence-electron chi connectivity index (χ3n) is 4.83. The van der Waals surface area contributed by atoms with Gasteiger partial charge in [0.05, 0.1) is 6.54 Å². The highest BCUT2D eigenvalue weighted by molar-refractivity contribution is 5.90. The first-order chi connectivity index (χ1) is 13.7. The van der Waals surface area contributed by atoms with E-state index in [0.29, 0.717) is 32.0 Å². The van der Waals surface area contributed by atoms with Crippen LogP contribution >= 0.6 is 0 Å². The van der Waals surface area contributed by atoms with Gasteiger partial charge in [0.1, 0.15) is 12.7 Å². The highest BCUT2D eigenvalue weighted by Crippen LogP contribution is 2.17. The van der Waals surface area contributed by atoms with Crippen molar-refractivity contribution in [1.29, 1.82) is 0 Å². The second-order valence-corrected chi connectivity index (χ2v) is 7.18. The highest BCUT2D eigenvalue weighted by Gasteiger charge is 2.15. The lowest BCUT2D eigenvalue weighted by atomic mass is 9.96. The van der Waals surface area contributed by atoms with Gasteiger partial charge in [-0.15, -0.1) is 0 Å². The predicted molar refractivity (Wildman–Crippen MR) is 107 cm³/mol. The lowest BCUT2D eigenvalue weighted by Crippen LogP contribution is -2.43. The van der Waals surface area contributed by atoms with E-state index in [1.807, 2.05) is 24.3 Å². The van der Waals surface area contributed by atoms with Gasteiger partial charge in [-0.25, -0.2) is 14.5 Å². The molecule has 0 atom stereocenters. The van der Waals surface area contributed by atoms with E-state index < -0.39 is 0 Å². The zero-order valence-electron chi connectivity index (χ0n) is 16.1. The minimum Gasteiger partial charge on any atom is -0.338 e. The van der Waals surface area contributed by atoms with Crippen molar-refractivity contribution in [3.63, 3.8) is 0 Å². The summed E-state index contributed by atoms with van der Waals surface area (Å²) in [4.78, 5) is 27.9. The van der Waals surface area contributed by atoms with Crippen molar-refractivity contribution >= 4 is 17.6 Å². The first-order valence-electron chi connectivity index (χ1n) is 9.94. The molecule has 1 aromatic heterocycles. The molecule has 1 aromatic carbocycles. The maximum Gasteiger partial charge on any atom is 0.315 e. The van der Waals surface area contributed by atoms with Crippen LogP contribution in [0.2, 0.25) is 0 Å². The van der Waals surface area contributed by atoms with Gasteiger partial charge < -0.3 is 16.0 Å². The molecule has 1 aliphatic rings. The third-order valence-corrected chi connectivity index (χ3v) is 4.83.